The van der Waals surface area contributed by atoms with Crippen LogP contribution in [0.1, 0.15) is 51.4 Å². The fourth-order valence-electron chi connectivity index (χ4n) is 2.57. The molecular formula is C16H30O7. The molecule has 0 radical (unpaired) electrons. The first-order valence-corrected chi connectivity index (χ1v) is 8.39. The molecule has 0 spiro atoms. The summed E-state index contributed by atoms with van der Waals surface area (Å²) >= 11 is 0. The van der Waals surface area contributed by atoms with Crippen molar-refractivity contribution in [2.24, 2.45) is 0 Å². The van der Waals surface area contributed by atoms with Gasteiger partial charge in [-0.1, -0.05) is 25.7 Å². The van der Waals surface area contributed by atoms with E-state index in [-0.39, 0.29) is 19.0 Å². The number of carbonyl (C=O) groups excluding carboxylic acids is 1. The second-order valence-electron chi connectivity index (χ2n) is 5.90. The molecule has 4 atom stereocenters. The molecule has 1 aliphatic rings. The number of hydrogen-bond donors (Lipinski definition) is 3. The monoisotopic (exact) mass is 334 g/mol. The molecule has 0 saturated carbocycles. The molecular weight excluding hydrogens is 304 g/mol. The van der Waals surface area contributed by atoms with E-state index in [1.54, 1.807) is 0 Å². The molecule has 1 rings (SSSR count). The largest absolute Gasteiger partial charge is 0.469 e. The summed E-state index contributed by atoms with van der Waals surface area (Å²) in [5.41, 5.74) is 0. The van der Waals surface area contributed by atoms with Crippen LogP contribution < -0.4 is 0 Å². The highest BCUT2D eigenvalue weighted by atomic mass is 16.7. The molecule has 0 amide bonds. The molecule has 3 N–H and O–H groups in total. The Morgan fingerprint density at radius 1 is 1.13 bits per heavy atom. The van der Waals surface area contributed by atoms with E-state index in [2.05, 4.69) is 4.74 Å². The van der Waals surface area contributed by atoms with Crippen molar-refractivity contribution in [3.05, 3.63) is 0 Å². The van der Waals surface area contributed by atoms with Crippen LogP contribution in [0.4, 0.5) is 0 Å². The number of methoxy groups -OCH3 is 1. The van der Waals surface area contributed by atoms with Gasteiger partial charge in [0.05, 0.1) is 19.8 Å². The summed E-state index contributed by atoms with van der Waals surface area (Å²) in [5, 5.41) is 28.4. The van der Waals surface area contributed by atoms with Gasteiger partial charge in [0.25, 0.3) is 0 Å². The molecule has 0 aromatic heterocycles. The van der Waals surface area contributed by atoms with Crippen molar-refractivity contribution in [1.82, 2.24) is 0 Å². The van der Waals surface area contributed by atoms with Gasteiger partial charge in [-0.2, -0.15) is 0 Å². The summed E-state index contributed by atoms with van der Waals surface area (Å²) < 4.78 is 15.5. The van der Waals surface area contributed by atoms with Crippen molar-refractivity contribution in [2.75, 3.05) is 20.3 Å². The van der Waals surface area contributed by atoms with Crippen molar-refractivity contribution < 1.29 is 34.3 Å². The Kier molecular flexibility index (Phi) is 10.4. The zero-order valence-corrected chi connectivity index (χ0v) is 13.9. The predicted octanol–water partition coefficient (Wildman–Crippen LogP) is 0.736. The van der Waals surface area contributed by atoms with Crippen molar-refractivity contribution >= 4 is 5.97 Å². The standard InChI is InChI=1S/C16H30O7/c1-21-14(19)8-6-4-2-3-5-7-9-22-15-10-12(18)16(20)13(11-17)23-15/h12-13,15-18,20H,2-11H2,1H3/t12-,13-,15+,16+/m1/s1. The maximum Gasteiger partial charge on any atom is 0.305 e. The SMILES string of the molecule is COC(=O)CCCCCCCCO[C@@H]1C[C@@H](O)[C@H](O)[C@@H](CO)O1. The highest BCUT2D eigenvalue weighted by Crippen LogP contribution is 2.21. The summed E-state index contributed by atoms with van der Waals surface area (Å²) in [4.78, 5) is 10.9. The van der Waals surface area contributed by atoms with Gasteiger partial charge >= 0.3 is 5.97 Å². The lowest BCUT2D eigenvalue weighted by atomic mass is 10.0. The summed E-state index contributed by atoms with van der Waals surface area (Å²) in [6, 6.07) is 0. The van der Waals surface area contributed by atoms with Crippen molar-refractivity contribution in [3.8, 4) is 0 Å². The number of aliphatic hydroxyl groups excluding tert-OH is 3. The van der Waals surface area contributed by atoms with Crippen LogP contribution >= 0.6 is 0 Å². The molecule has 0 aromatic rings. The van der Waals surface area contributed by atoms with Crippen LogP contribution in [0.15, 0.2) is 0 Å². The van der Waals surface area contributed by atoms with E-state index in [0.717, 1.165) is 38.5 Å². The van der Waals surface area contributed by atoms with Crippen LogP contribution in [-0.2, 0) is 19.0 Å². The molecule has 0 unspecified atom stereocenters. The molecule has 0 aromatic carbocycles. The van der Waals surface area contributed by atoms with Crippen molar-refractivity contribution in [1.29, 1.82) is 0 Å². The van der Waals surface area contributed by atoms with E-state index < -0.39 is 24.6 Å². The van der Waals surface area contributed by atoms with Crippen LogP contribution in [0.3, 0.4) is 0 Å². The number of carbonyl (C=O) groups is 1. The highest BCUT2D eigenvalue weighted by molar-refractivity contribution is 5.68. The Morgan fingerprint density at radius 3 is 2.43 bits per heavy atom. The molecule has 1 aliphatic heterocycles. The number of aliphatic hydroxyl groups is 3. The summed E-state index contributed by atoms with van der Waals surface area (Å²) in [6.07, 6.45) is 3.29. The lowest BCUT2D eigenvalue weighted by molar-refractivity contribution is -0.256. The average molecular weight is 334 g/mol. The van der Waals surface area contributed by atoms with Crippen molar-refractivity contribution in [2.45, 2.75) is 76.0 Å². The van der Waals surface area contributed by atoms with Gasteiger partial charge < -0.3 is 29.5 Å². The first kappa shape index (κ1) is 20.3. The molecule has 7 heteroatoms. The minimum atomic E-state index is -1.06. The van der Waals surface area contributed by atoms with Crippen LogP contribution in [0.25, 0.3) is 0 Å². The smallest absolute Gasteiger partial charge is 0.305 e. The van der Waals surface area contributed by atoms with E-state index in [0.29, 0.717) is 13.0 Å². The molecule has 0 aliphatic carbocycles. The zero-order chi connectivity index (χ0) is 17.1. The number of unbranched alkanes of at least 4 members (excludes halogenated alkanes) is 5. The summed E-state index contributed by atoms with van der Waals surface area (Å²) in [5.74, 6) is -0.153. The molecule has 7 nitrogen and oxygen atoms in total. The number of rotatable bonds is 11. The third-order valence-electron chi connectivity index (χ3n) is 4.02. The van der Waals surface area contributed by atoms with E-state index in [1.165, 1.54) is 7.11 Å². The second-order valence-corrected chi connectivity index (χ2v) is 5.90. The Hall–Kier alpha value is -0.730. The van der Waals surface area contributed by atoms with Gasteiger partial charge in [0.1, 0.15) is 12.2 Å². The third-order valence-corrected chi connectivity index (χ3v) is 4.02. The van der Waals surface area contributed by atoms with Gasteiger partial charge in [-0.25, -0.2) is 0 Å². The molecule has 136 valence electrons. The Morgan fingerprint density at radius 2 is 1.78 bits per heavy atom. The predicted molar refractivity (Wildman–Crippen MR) is 82.7 cm³/mol. The first-order valence-electron chi connectivity index (χ1n) is 8.39. The minimum Gasteiger partial charge on any atom is -0.469 e. The quantitative estimate of drug-likeness (QED) is 0.378. The molecule has 1 saturated heterocycles. The maximum atomic E-state index is 10.9. The maximum absolute atomic E-state index is 10.9. The van der Waals surface area contributed by atoms with E-state index in [9.17, 15) is 15.0 Å². The second kappa shape index (κ2) is 11.8. The van der Waals surface area contributed by atoms with Crippen LogP contribution in [-0.4, -0.2) is 66.2 Å². The van der Waals surface area contributed by atoms with Gasteiger partial charge in [-0.05, 0) is 12.8 Å². The molecule has 23 heavy (non-hydrogen) atoms. The summed E-state index contributed by atoms with van der Waals surface area (Å²) in [6.45, 7) is 0.178. The first-order chi connectivity index (χ1) is 11.1. The summed E-state index contributed by atoms with van der Waals surface area (Å²) in [7, 11) is 1.40. The average Bonchev–Trinajstić information content (AvgIpc) is 2.55. The highest BCUT2D eigenvalue weighted by Gasteiger charge is 2.36. The van der Waals surface area contributed by atoms with Gasteiger partial charge in [0, 0.05) is 19.4 Å². The van der Waals surface area contributed by atoms with Crippen LogP contribution in [0.2, 0.25) is 0 Å². The van der Waals surface area contributed by atoms with Gasteiger partial charge in [-0.15, -0.1) is 0 Å². The van der Waals surface area contributed by atoms with Crippen LogP contribution in [0, 0.1) is 0 Å². The number of hydrogen-bond acceptors (Lipinski definition) is 7. The van der Waals surface area contributed by atoms with Crippen LogP contribution in [0.5, 0.6) is 0 Å². The normalized spacial score (nSPS) is 27.8. The van der Waals surface area contributed by atoms with Gasteiger partial charge in [0.15, 0.2) is 6.29 Å². The third kappa shape index (κ3) is 8.08. The fourth-order valence-corrected chi connectivity index (χ4v) is 2.57. The Balaban J connectivity index is 1.97. The van der Waals surface area contributed by atoms with E-state index in [4.69, 9.17) is 14.6 Å². The van der Waals surface area contributed by atoms with E-state index >= 15 is 0 Å². The topological polar surface area (TPSA) is 105 Å². The Bertz CT molecular complexity index is 324. The van der Waals surface area contributed by atoms with Crippen molar-refractivity contribution in [3.63, 3.8) is 0 Å². The lowest BCUT2D eigenvalue weighted by Gasteiger charge is -2.36. The number of ether oxygens (including phenoxy) is 3. The molecule has 1 fully saturated rings. The fraction of sp³-hybridized carbons (Fsp3) is 0.938. The van der Waals surface area contributed by atoms with Gasteiger partial charge in [0.2, 0.25) is 0 Å². The molecule has 0 bridgehead atoms. The number of esters is 1. The zero-order valence-electron chi connectivity index (χ0n) is 13.9. The Labute approximate surface area is 137 Å². The lowest BCUT2D eigenvalue weighted by Crippen LogP contribution is -2.50. The van der Waals surface area contributed by atoms with Gasteiger partial charge in [-0.3, -0.25) is 4.79 Å². The van der Waals surface area contributed by atoms with E-state index in [1.807, 2.05) is 0 Å². The minimum absolute atomic E-state index is 0.153. The molecule has 1 heterocycles.